The third-order valence-electron chi connectivity index (χ3n) is 9.00. The zero-order chi connectivity index (χ0) is 36.3. The van der Waals surface area contributed by atoms with Crippen LogP contribution in [-0.4, -0.2) is 59.8 Å². The molecule has 5 aromatic rings. The van der Waals surface area contributed by atoms with Crippen molar-refractivity contribution in [1.29, 1.82) is 0 Å². The molecule has 3 heterocycles. The Morgan fingerprint density at radius 1 is 0.902 bits per heavy atom. The third kappa shape index (κ3) is 8.07. The number of fused-ring (bicyclic) bond motifs is 2. The van der Waals surface area contributed by atoms with Crippen LogP contribution >= 0.6 is 0 Å². The summed E-state index contributed by atoms with van der Waals surface area (Å²) in [5.41, 5.74) is 3.89. The summed E-state index contributed by atoms with van der Waals surface area (Å²) >= 11 is 0. The number of aromatic nitrogens is 1. The van der Waals surface area contributed by atoms with Crippen LogP contribution in [0, 0.1) is 5.82 Å². The van der Waals surface area contributed by atoms with Crippen molar-refractivity contribution in [2.45, 2.75) is 51.9 Å². The number of benzene rings is 4. The predicted molar refractivity (Wildman–Crippen MR) is 195 cm³/mol. The number of ether oxygens (including phenoxy) is 2. The Balaban J connectivity index is 0.00000122. The second-order valence-corrected chi connectivity index (χ2v) is 11.9. The van der Waals surface area contributed by atoms with Gasteiger partial charge >= 0.3 is 6.09 Å². The van der Waals surface area contributed by atoms with Crippen molar-refractivity contribution in [3.05, 3.63) is 137 Å². The van der Waals surface area contributed by atoms with Crippen LogP contribution in [0.25, 0.3) is 10.9 Å². The molecule has 9 nitrogen and oxygen atoms in total. The lowest BCUT2D eigenvalue weighted by Crippen LogP contribution is -2.45. The molecule has 51 heavy (non-hydrogen) atoms. The number of amides is 2. The fourth-order valence-electron chi connectivity index (χ4n) is 6.47. The van der Waals surface area contributed by atoms with E-state index in [1.54, 1.807) is 34.2 Å². The number of hydrogen-bond donors (Lipinski definition) is 1. The second kappa shape index (κ2) is 17.4. The summed E-state index contributed by atoms with van der Waals surface area (Å²) in [6, 6.07) is 29.7. The molecule has 1 saturated heterocycles. The van der Waals surface area contributed by atoms with Gasteiger partial charge in [0.05, 0.1) is 12.1 Å². The van der Waals surface area contributed by atoms with E-state index in [4.69, 9.17) is 19.3 Å². The van der Waals surface area contributed by atoms with Gasteiger partial charge in [0.1, 0.15) is 30.0 Å². The minimum Gasteiger partial charge on any atom is -0.478 e. The van der Waals surface area contributed by atoms with Gasteiger partial charge in [0.2, 0.25) is 0 Å². The topological polar surface area (TPSA) is 101 Å². The number of nitrogens with one attached hydrogen (secondary N) is 1. The number of carbonyl (C=O) groups is 3. The highest BCUT2D eigenvalue weighted by molar-refractivity contribution is 6.09. The molecule has 4 aromatic carbocycles. The maximum absolute atomic E-state index is 14.4. The van der Waals surface area contributed by atoms with Gasteiger partial charge in [-0.2, -0.15) is 0 Å². The number of nitrogens with zero attached hydrogens (tertiary/aromatic N) is 3. The Morgan fingerprint density at radius 2 is 1.51 bits per heavy atom. The Hall–Kier alpha value is -5.61. The van der Waals surface area contributed by atoms with E-state index in [0.29, 0.717) is 52.7 Å². The molecule has 0 saturated carbocycles. The molecule has 2 aliphatic rings. The van der Waals surface area contributed by atoms with Crippen molar-refractivity contribution in [1.82, 2.24) is 20.1 Å². The molecule has 0 atom stereocenters. The van der Waals surface area contributed by atoms with E-state index < -0.39 is 12.2 Å². The maximum atomic E-state index is 14.4. The van der Waals surface area contributed by atoms with Gasteiger partial charge in [0.25, 0.3) is 5.91 Å². The normalized spacial score (nSPS) is 13.9. The van der Waals surface area contributed by atoms with Crippen molar-refractivity contribution in [3.8, 4) is 11.5 Å². The SMILES string of the molecule is C=O.CC.CNC1CCN(C(=O)Oc2c3c(c(OC(c4ccccc4)c4ccccc4)c4ncccc24)C(=O)N(Cc2ccc(F)cc2)C3)CC1. The molecule has 264 valence electrons. The summed E-state index contributed by atoms with van der Waals surface area (Å²) in [6.45, 7) is 7.55. The van der Waals surface area contributed by atoms with Gasteiger partial charge in [-0.1, -0.05) is 86.6 Å². The van der Waals surface area contributed by atoms with E-state index in [1.807, 2.05) is 94.4 Å². The Bertz CT molecular complexity index is 1880. The maximum Gasteiger partial charge on any atom is 0.415 e. The fraction of sp³-hybridized carbons (Fsp3) is 0.268. The van der Waals surface area contributed by atoms with Crippen LogP contribution in [-0.2, 0) is 17.9 Å². The molecule has 10 heteroatoms. The fourth-order valence-corrected chi connectivity index (χ4v) is 6.47. The number of pyridine rings is 1. The molecule has 0 bridgehead atoms. The van der Waals surface area contributed by atoms with Crippen molar-refractivity contribution in [3.63, 3.8) is 0 Å². The minimum absolute atomic E-state index is 0.179. The van der Waals surface area contributed by atoms with Crippen LogP contribution in [0.4, 0.5) is 9.18 Å². The van der Waals surface area contributed by atoms with E-state index in [0.717, 1.165) is 29.5 Å². The van der Waals surface area contributed by atoms with Crippen LogP contribution in [0.5, 0.6) is 11.5 Å². The summed E-state index contributed by atoms with van der Waals surface area (Å²) < 4.78 is 26.8. The minimum atomic E-state index is -0.549. The summed E-state index contributed by atoms with van der Waals surface area (Å²) in [5.74, 6) is 0.00848. The number of rotatable bonds is 8. The molecular formula is C41H43FN4O5. The lowest BCUT2D eigenvalue weighted by molar-refractivity contribution is -0.0980. The van der Waals surface area contributed by atoms with Gasteiger partial charge in [-0.25, -0.2) is 9.18 Å². The third-order valence-corrected chi connectivity index (χ3v) is 9.00. The molecule has 2 aliphatic heterocycles. The van der Waals surface area contributed by atoms with Crippen LogP contribution < -0.4 is 14.8 Å². The first-order chi connectivity index (χ1) is 25.0. The first-order valence-corrected chi connectivity index (χ1v) is 17.2. The lowest BCUT2D eigenvalue weighted by atomic mass is 9.99. The molecule has 1 N–H and O–H groups in total. The average molecular weight is 691 g/mol. The quantitative estimate of drug-likeness (QED) is 0.178. The second-order valence-electron chi connectivity index (χ2n) is 11.9. The number of carbonyl (C=O) groups excluding carboxylic acids is 3. The number of halogens is 1. The van der Waals surface area contributed by atoms with E-state index in [-0.39, 0.29) is 24.8 Å². The van der Waals surface area contributed by atoms with Crippen LogP contribution in [0.2, 0.25) is 0 Å². The number of hydrogen-bond acceptors (Lipinski definition) is 7. The molecule has 7 rings (SSSR count). The largest absolute Gasteiger partial charge is 0.478 e. The first-order valence-electron chi connectivity index (χ1n) is 17.2. The highest BCUT2D eigenvalue weighted by atomic mass is 19.1. The van der Waals surface area contributed by atoms with Crippen molar-refractivity contribution >= 4 is 29.7 Å². The smallest absolute Gasteiger partial charge is 0.415 e. The van der Waals surface area contributed by atoms with Crippen LogP contribution in [0.15, 0.2) is 103 Å². The zero-order valence-corrected chi connectivity index (χ0v) is 29.2. The molecular weight excluding hydrogens is 647 g/mol. The summed E-state index contributed by atoms with van der Waals surface area (Å²) in [7, 11) is 1.93. The molecule has 0 radical (unpaired) electrons. The number of likely N-dealkylation sites (tertiary alicyclic amines) is 1. The number of piperidine rings is 1. The monoisotopic (exact) mass is 690 g/mol. The molecule has 1 fully saturated rings. The van der Waals surface area contributed by atoms with Crippen LogP contribution in [0.3, 0.4) is 0 Å². The van der Waals surface area contributed by atoms with Crippen molar-refractivity contribution in [2.75, 3.05) is 20.1 Å². The Kier molecular flexibility index (Phi) is 12.5. The van der Waals surface area contributed by atoms with Gasteiger partial charge in [-0.3, -0.25) is 9.78 Å². The molecule has 2 amide bonds. The van der Waals surface area contributed by atoms with E-state index in [2.05, 4.69) is 5.32 Å². The van der Waals surface area contributed by atoms with Gasteiger partial charge in [-0.05, 0) is 60.8 Å². The molecule has 0 unspecified atom stereocenters. The molecule has 1 aromatic heterocycles. The summed E-state index contributed by atoms with van der Waals surface area (Å²) in [4.78, 5) is 44.1. The summed E-state index contributed by atoms with van der Waals surface area (Å²) in [6.07, 6.45) is 2.28. The first kappa shape index (κ1) is 36.7. The average Bonchev–Trinajstić information content (AvgIpc) is 3.52. The highest BCUT2D eigenvalue weighted by Crippen LogP contribution is 2.46. The Labute approximate surface area is 298 Å². The lowest BCUT2D eigenvalue weighted by Gasteiger charge is -2.31. The summed E-state index contributed by atoms with van der Waals surface area (Å²) in [5, 5.41) is 3.86. The van der Waals surface area contributed by atoms with Gasteiger partial charge in [0, 0.05) is 42.8 Å². The van der Waals surface area contributed by atoms with Crippen molar-refractivity contribution < 1.29 is 28.2 Å². The van der Waals surface area contributed by atoms with E-state index in [1.165, 1.54) is 12.1 Å². The van der Waals surface area contributed by atoms with Gasteiger partial charge in [0.15, 0.2) is 5.75 Å². The zero-order valence-electron chi connectivity index (χ0n) is 29.2. The van der Waals surface area contributed by atoms with E-state index >= 15 is 0 Å². The van der Waals surface area contributed by atoms with Crippen molar-refractivity contribution in [2.24, 2.45) is 0 Å². The molecule has 0 spiro atoms. The van der Waals surface area contributed by atoms with E-state index in [9.17, 15) is 14.0 Å². The highest BCUT2D eigenvalue weighted by Gasteiger charge is 2.38. The standard InChI is InChI=1S/C38H35FN4O4.C2H6.CH2O/c1-40-29-18-21-42(22-19-29)38(45)47-35-30-13-8-20-41-33(30)36(46-34(26-9-4-2-5-10-26)27-11-6-3-7-12-27)32-31(35)24-43(37(32)44)23-25-14-16-28(39)17-15-25;2*1-2/h2-17,20,29,34,40H,18-19,21-24H2,1H3;1-2H3;1H2. The Morgan fingerprint density at radius 3 is 2.10 bits per heavy atom. The van der Waals surface area contributed by atoms with Crippen LogP contribution in [0.1, 0.15) is 65.4 Å². The van der Waals surface area contributed by atoms with Gasteiger partial charge < -0.3 is 29.4 Å². The molecule has 0 aliphatic carbocycles. The van der Waals surface area contributed by atoms with Gasteiger partial charge in [-0.15, -0.1) is 0 Å². The predicted octanol–water partition coefficient (Wildman–Crippen LogP) is 7.72.